The van der Waals surface area contributed by atoms with Gasteiger partial charge >= 0.3 is 11.9 Å². The van der Waals surface area contributed by atoms with Crippen molar-refractivity contribution in [2.24, 2.45) is 5.73 Å². The molecule has 0 aliphatic heterocycles. The Morgan fingerprint density at radius 3 is 2.48 bits per heavy atom. The van der Waals surface area contributed by atoms with Gasteiger partial charge in [0.1, 0.15) is 5.75 Å². The summed E-state index contributed by atoms with van der Waals surface area (Å²) in [4.78, 5) is 24.5. The van der Waals surface area contributed by atoms with Crippen molar-refractivity contribution in [1.29, 1.82) is 0 Å². The zero-order valence-corrected chi connectivity index (χ0v) is 20.8. The first-order valence-electron chi connectivity index (χ1n) is 9.12. The van der Waals surface area contributed by atoms with Crippen LogP contribution in [0.2, 0.25) is 0 Å². The van der Waals surface area contributed by atoms with Gasteiger partial charge in [0, 0.05) is 29.4 Å². The van der Waals surface area contributed by atoms with Crippen LogP contribution in [-0.2, 0) is 15.3 Å². The number of nitrogens with two attached hydrogens (primary N) is 2. The van der Waals surface area contributed by atoms with Gasteiger partial charge in [0.05, 0.1) is 22.2 Å². The van der Waals surface area contributed by atoms with E-state index in [1.54, 1.807) is 13.0 Å². The number of thioether (sulfide) groups is 1. The van der Waals surface area contributed by atoms with Gasteiger partial charge in [-0.15, -0.1) is 0 Å². The Morgan fingerprint density at radius 1 is 1.23 bits per heavy atom. The molecular formula is C21H21Br2N3O4S. The lowest BCUT2D eigenvalue weighted by atomic mass is 10.1. The minimum Gasteiger partial charge on any atom is -1.00 e. The van der Waals surface area contributed by atoms with E-state index in [0.717, 1.165) is 11.2 Å². The molecule has 3 aromatic rings. The maximum atomic E-state index is 13.0. The maximum absolute atomic E-state index is 13.0. The Balaban J connectivity index is 0.00000341. The largest absolute Gasteiger partial charge is 1.00 e. The topological polar surface area (TPSA) is 109 Å². The molecule has 0 saturated carbocycles. The number of fused-ring (bicyclic) bond motifs is 1. The van der Waals surface area contributed by atoms with Gasteiger partial charge in [0.25, 0.3) is 5.17 Å². The lowest BCUT2D eigenvalue weighted by molar-refractivity contribution is -0.131. The predicted octanol–water partition coefficient (Wildman–Crippen LogP) is -0.194. The van der Waals surface area contributed by atoms with Crippen LogP contribution in [0.1, 0.15) is 29.9 Å². The van der Waals surface area contributed by atoms with Gasteiger partial charge in [-0.2, -0.15) is 0 Å². The summed E-state index contributed by atoms with van der Waals surface area (Å²) in [6.45, 7) is 3.29. The van der Waals surface area contributed by atoms with E-state index >= 15 is 0 Å². The monoisotopic (exact) mass is 569 g/mol. The molecule has 0 atom stereocenters. The molecule has 1 aromatic heterocycles. The van der Waals surface area contributed by atoms with Gasteiger partial charge in [-0.3, -0.25) is 15.9 Å². The molecule has 3 rings (SSSR count). The van der Waals surface area contributed by atoms with E-state index in [9.17, 15) is 9.59 Å². The van der Waals surface area contributed by atoms with Crippen molar-refractivity contribution in [2.75, 3.05) is 6.61 Å². The molecule has 0 bridgehead atoms. The van der Waals surface area contributed by atoms with Gasteiger partial charge in [-0.05, 0) is 58.9 Å². The molecule has 0 fully saturated rings. The molecule has 0 aliphatic carbocycles. The third-order valence-electron chi connectivity index (χ3n) is 4.24. The highest BCUT2D eigenvalue weighted by Gasteiger charge is 2.26. The molecule has 0 unspecified atom stereocenters. The minimum absolute atomic E-state index is 0. The van der Waals surface area contributed by atoms with Gasteiger partial charge in [0.15, 0.2) is 0 Å². The van der Waals surface area contributed by atoms with Crippen LogP contribution in [0.4, 0.5) is 0 Å². The number of halogens is 2. The smallest absolute Gasteiger partial charge is 0.340 e. The number of nitrogens with zero attached hydrogens (tertiary/aromatic N) is 1. The molecule has 10 heteroatoms. The van der Waals surface area contributed by atoms with Crippen LogP contribution < -0.4 is 32.9 Å². The predicted molar refractivity (Wildman–Crippen MR) is 121 cm³/mol. The number of aromatic nitrogens is 1. The molecule has 0 spiro atoms. The van der Waals surface area contributed by atoms with Crippen LogP contribution in [0, 0.1) is 0 Å². The Labute approximate surface area is 202 Å². The first-order chi connectivity index (χ1) is 14.3. The second-order valence-electron chi connectivity index (χ2n) is 6.30. The molecule has 0 saturated heterocycles. The highest BCUT2D eigenvalue weighted by Crippen LogP contribution is 2.38. The Bertz CT molecular complexity index is 1130. The van der Waals surface area contributed by atoms with Crippen molar-refractivity contribution in [3.05, 3.63) is 58.2 Å². The summed E-state index contributed by atoms with van der Waals surface area (Å²) in [6, 6.07) is 13.1. The molecule has 2 aromatic carbocycles. The summed E-state index contributed by atoms with van der Waals surface area (Å²) in [6.07, 6.45) is 0. The molecule has 1 heterocycles. The number of para-hydroxylation sites is 1. The second-order valence-corrected chi connectivity index (χ2v) is 8.20. The van der Waals surface area contributed by atoms with Gasteiger partial charge in [-0.25, -0.2) is 4.79 Å². The van der Waals surface area contributed by atoms with E-state index in [-0.39, 0.29) is 28.8 Å². The zero-order chi connectivity index (χ0) is 21.8. The average Bonchev–Trinajstić information content (AvgIpc) is 3.00. The fraction of sp³-hybridized carbons (Fsp3) is 0.190. The maximum Gasteiger partial charge on any atom is 0.340 e. The number of amidine groups is 1. The van der Waals surface area contributed by atoms with Crippen molar-refractivity contribution < 1.29 is 41.5 Å². The van der Waals surface area contributed by atoms with E-state index in [1.165, 1.54) is 18.7 Å². The lowest BCUT2D eigenvalue weighted by Gasteiger charge is -2.11. The molecule has 31 heavy (non-hydrogen) atoms. The normalized spacial score (nSPS) is 10.4. The van der Waals surface area contributed by atoms with E-state index < -0.39 is 11.9 Å². The number of carbonyl (C=O) groups is 2. The van der Waals surface area contributed by atoms with Gasteiger partial charge in [0.2, 0.25) is 0 Å². The van der Waals surface area contributed by atoms with Crippen molar-refractivity contribution >= 4 is 55.7 Å². The first-order valence-corrected chi connectivity index (χ1v) is 10.9. The summed E-state index contributed by atoms with van der Waals surface area (Å²) in [7, 11) is 0. The molecule has 0 aliphatic rings. The first kappa shape index (κ1) is 25.0. The number of rotatable bonds is 6. The lowest BCUT2D eigenvalue weighted by Crippen LogP contribution is -3.00. The standard InChI is InChI=1S/C21H20BrN3O4S.BrH/c1-3-28-20(27)19-14-9-18(29-12(2)26)15(22)10-16(14)25(13-7-5-4-6-8-13)17(19)11-30-21(23)24;/h4-10H,3,11H2,1-2H3,(H3,23,24);1H. The third-order valence-corrected chi connectivity index (χ3v) is 5.61. The Hall–Kier alpha value is -2.30. The van der Waals surface area contributed by atoms with Crippen LogP contribution in [0.15, 0.2) is 46.9 Å². The fourth-order valence-corrected chi connectivity index (χ4v) is 4.15. The van der Waals surface area contributed by atoms with Gasteiger partial charge in [-0.1, -0.05) is 18.2 Å². The van der Waals surface area contributed by atoms with Crippen molar-refractivity contribution in [1.82, 2.24) is 4.57 Å². The Kier molecular flexibility index (Phi) is 8.72. The summed E-state index contributed by atoms with van der Waals surface area (Å²) >= 11 is 4.68. The van der Waals surface area contributed by atoms with Crippen LogP contribution in [0.3, 0.4) is 0 Å². The molecule has 0 radical (unpaired) electrons. The van der Waals surface area contributed by atoms with Crippen molar-refractivity contribution in [2.45, 2.75) is 19.6 Å². The van der Waals surface area contributed by atoms with E-state index in [4.69, 9.17) is 20.6 Å². The third kappa shape index (κ3) is 5.50. The summed E-state index contributed by atoms with van der Waals surface area (Å²) < 4.78 is 13.2. The van der Waals surface area contributed by atoms with Crippen LogP contribution in [-0.4, -0.2) is 28.3 Å². The number of ether oxygens (including phenoxy) is 2. The molecule has 4 N–H and O–H groups in total. The molecular weight excluding hydrogens is 550 g/mol. The quantitative estimate of drug-likeness (QED) is 0.184. The van der Waals surface area contributed by atoms with Crippen molar-refractivity contribution in [3.8, 4) is 11.4 Å². The van der Waals surface area contributed by atoms with Crippen molar-refractivity contribution in [3.63, 3.8) is 0 Å². The summed E-state index contributed by atoms with van der Waals surface area (Å²) in [5.74, 6) is -0.272. The minimum atomic E-state index is -0.473. The number of benzene rings is 2. The fourth-order valence-electron chi connectivity index (χ4n) is 3.17. The van der Waals surface area contributed by atoms with Crippen LogP contribution >= 0.6 is 27.7 Å². The second kappa shape index (κ2) is 10.8. The Morgan fingerprint density at radius 2 is 1.90 bits per heavy atom. The number of hydrogen-bond donors (Lipinski definition) is 2. The van der Waals surface area contributed by atoms with Crippen LogP contribution in [0.25, 0.3) is 16.6 Å². The average molecular weight is 571 g/mol. The van der Waals surface area contributed by atoms with E-state index in [1.807, 2.05) is 41.0 Å². The molecule has 164 valence electrons. The number of hydrogen-bond acceptors (Lipinski definition) is 5. The molecule has 7 nitrogen and oxygen atoms in total. The SMILES string of the molecule is CCOC(=O)c1c(CSC(N)=[NH2+])n(-c2ccccc2)c2cc(Br)c(OC(C)=O)cc12.[Br-]. The van der Waals surface area contributed by atoms with Gasteiger partial charge < -0.3 is 31.0 Å². The summed E-state index contributed by atoms with van der Waals surface area (Å²) in [5, 5.41) is 6.47. The van der Waals surface area contributed by atoms with E-state index in [0.29, 0.717) is 32.6 Å². The summed E-state index contributed by atoms with van der Waals surface area (Å²) in [5.41, 5.74) is 8.34. The molecule has 0 amide bonds. The van der Waals surface area contributed by atoms with Crippen LogP contribution in [0.5, 0.6) is 5.75 Å². The highest BCUT2D eigenvalue weighted by molar-refractivity contribution is 9.10. The zero-order valence-electron chi connectivity index (χ0n) is 16.9. The highest BCUT2D eigenvalue weighted by atomic mass is 79.9. The number of carbonyl (C=O) groups excluding carboxylic acids is 2. The number of esters is 2. The van der Waals surface area contributed by atoms with E-state index in [2.05, 4.69) is 15.9 Å².